The van der Waals surface area contributed by atoms with E-state index in [2.05, 4.69) is 34.9 Å². The number of hydrogen-bond acceptors (Lipinski definition) is 4. The lowest BCUT2D eigenvalue weighted by atomic mass is 9.97. The van der Waals surface area contributed by atoms with Crippen LogP contribution in [-0.2, 0) is 13.0 Å². The molecule has 0 saturated carbocycles. The lowest BCUT2D eigenvalue weighted by Gasteiger charge is -2.27. The standard InChI is InChI=1S/C13H15ClN4/c1-3-5-16-13-11-8-18(2)6-4-9(11)10(7-15)12(14)17-13/h3H,1,4-6,8H2,2H3,(H,16,17). The molecule has 0 saturated heterocycles. The second kappa shape index (κ2) is 5.38. The molecule has 0 aliphatic carbocycles. The van der Waals surface area contributed by atoms with E-state index in [1.54, 1.807) is 6.08 Å². The first-order valence-electron chi connectivity index (χ1n) is 5.82. The summed E-state index contributed by atoms with van der Waals surface area (Å²) in [6, 6.07) is 2.16. The molecule has 94 valence electrons. The van der Waals surface area contributed by atoms with Gasteiger partial charge >= 0.3 is 0 Å². The fraction of sp³-hybridized carbons (Fsp3) is 0.385. The Labute approximate surface area is 112 Å². The van der Waals surface area contributed by atoms with Gasteiger partial charge < -0.3 is 10.2 Å². The van der Waals surface area contributed by atoms with E-state index in [0.717, 1.165) is 36.5 Å². The van der Waals surface area contributed by atoms with E-state index in [9.17, 15) is 5.26 Å². The van der Waals surface area contributed by atoms with Gasteiger partial charge in [-0.3, -0.25) is 0 Å². The monoisotopic (exact) mass is 262 g/mol. The van der Waals surface area contributed by atoms with Gasteiger partial charge in [0.05, 0.1) is 5.56 Å². The van der Waals surface area contributed by atoms with Crippen LogP contribution in [0.5, 0.6) is 0 Å². The van der Waals surface area contributed by atoms with E-state index < -0.39 is 0 Å². The Morgan fingerprint density at radius 3 is 3.06 bits per heavy atom. The predicted molar refractivity (Wildman–Crippen MR) is 72.7 cm³/mol. The normalized spacial score (nSPS) is 14.7. The lowest BCUT2D eigenvalue weighted by Crippen LogP contribution is -2.28. The molecule has 18 heavy (non-hydrogen) atoms. The third-order valence-electron chi connectivity index (χ3n) is 3.07. The van der Waals surface area contributed by atoms with Crippen LogP contribution in [0.25, 0.3) is 0 Å². The highest BCUT2D eigenvalue weighted by Gasteiger charge is 2.23. The molecule has 0 bridgehead atoms. The van der Waals surface area contributed by atoms with E-state index in [-0.39, 0.29) is 5.15 Å². The molecule has 1 aliphatic heterocycles. The first kappa shape index (κ1) is 12.9. The molecular weight excluding hydrogens is 248 g/mol. The highest BCUT2D eigenvalue weighted by Crippen LogP contribution is 2.30. The van der Waals surface area contributed by atoms with E-state index in [0.29, 0.717) is 12.1 Å². The zero-order chi connectivity index (χ0) is 13.1. The van der Waals surface area contributed by atoms with Crippen molar-refractivity contribution in [3.8, 4) is 6.07 Å². The average Bonchev–Trinajstić information content (AvgIpc) is 2.36. The fourth-order valence-corrected chi connectivity index (χ4v) is 2.41. The van der Waals surface area contributed by atoms with Crippen LogP contribution in [0.3, 0.4) is 0 Å². The quantitative estimate of drug-likeness (QED) is 0.670. The van der Waals surface area contributed by atoms with Gasteiger partial charge in [-0.2, -0.15) is 5.26 Å². The lowest BCUT2D eigenvalue weighted by molar-refractivity contribution is 0.313. The Morgan fingerprint density at radius 1 is 1.61 bits per heavy atom. The minimum atomic E-state index is 0.285. The van der Waals surface area contributed by atoms with Gasteiger partial charge in [0, 0.05) is 25.2 Å². The second-order valence-corrected chi connectivity index (χ2v) is 4.71. The summed E-state index contributed by atoms with van der Waals surface area (Å²) in [6.07, 6.45) is 2.60. The first-order chi connectivity index (χ1) is 8.67. The molecule has 1 N–H and O–H groups in total. The number of anilines is 1. The predicted octanol–water partition coefficient (Wildman–Crippen LogP) is 2.19. The van der Waals surface area contributed by atoms with Crippen LogP contribution in [0.1, 0.15) is 16.7 Å². The molecular formula is C13H15ClN4. The molecule has 1 aliphatic rings. The van der Waals surface area contributed by atoms with Crippen LogP contribution in [-0.4, -0.2) is 30.0 Å². The number of halogens is 1. The van der Waals surface area contributed by atoms with Crippen LogP contribution in [0, 0.1) is 11.3 Å². The maximum atomic E-state index is 9.18. The van der Waals surface area contributed by atoms with Crippen LogP contribution in [0.2, 0.25) is 5.15 Å². The van der Waals surface area contributed by atoms with Crippen molar-refractivity contribution in [2.75, 3.05) is 25.5 Å². The van der Waals surface area contributed by atoms with Crippen LogP contribution >= 0.6 is 11.6 Å². The Bertz CT molecular complexity index is 519. The molecule has 1 aromatic heterocycles. The molecule has 0 radical (unpaired) electrons. The van der Waals surface area contributed by atoms with Gasteiger partial charge in [-0.05, 0) is 19.0 Å². The van der Waals surface area contributed by atoms with Crippen LogP contribution in [0.4, 0.5) is 5.82 Å². The molecule has 1 aromatic rings. The Hall–Kier alpha value is -1.57. The third-order valence-corrected chi connectivity index (χ3v) is 3.34. The van der Waals surface area contributed by atoms with Gasteiger partial charge in [0.2, 0.25) is 0 Å². The highest BCUT2D eigenvalue weighted by atomic mass is 35.5. The summed E-state index contributed by atoms with van der Waals surface area (Å²) in [4.78, 5) is 6.49. The average molecular weight is 263 g/mol. The molecule has 0 unspecified atom stereocenters. The number of hydrogen-bond donors (Lipinski definition) is 1. The van der Waals surface area contributed by atoms with Crippen molar-refractivity contribution in [3.05, 3.63) is 34.5 Å². The number of rotatable bonds is 3. The third kappa shape index (κ3) is 2.33. The Balaban J connectivity index is 2.52. The topological polar surface area (TPSA) is 52.0 Å². The summed E-state index contributed by atoms with van der Waals surface area (Å²) in [7, 11) is 2.06. The van der Waals surface area contributed by atoms with Crippen molar-refractivity contribution < 1.29 is 0 Å². The number of nitriles is 1. The molecule has 2 heterocycles. The fourth-order valence-electron chi connectivity index (χ4n) is 2.17. The minimum absolute atomic E-state index is 0.285. The Kier molecular flexibility index (Phi) is 3.85. The minimum Gasteiger partial charge on any atom is -0.366 e. The molecule has 4 nitrogen and oxygen atoms in total. The van der Waals surface area contributed by atoms with Crippen molar-refractivity contribution in [2.24, 2.45) is 0 Å². The summed E-state index contributed by atoms with van der Waals surface area (Å²) in [6.45, 7) is 6.02. The van der Waals surface area contributed by atoms with E-state index >= 15 is 0 Å². The maximum Gasteiger partial charge on any atom is 0.149 e. The maximum absolute atomic E-state index is 9.18. The molecule has 0 amide bonds. The van der Waals surface area contributed by atoms with Crippen molar-refractivity contribution in [1.82, 2.24) is 9.88 Å². The van der Waals surface area contributed by atoms with E-state index in [4.69, 9.17) is 11.6 Å². The molecule has 0 spiro atoms. The smallest absolute Gasteiger partial charge is 0.149 e. The zero-order valence-corrected chi connectivity index (χ0v) is 11.1. The first-order valence-corrected chi connectivity index (χ1v) is 6.19. The van der Waals surface area contributed by atoms with Crippen molar-refractivity contribution in [2.45, 2.75) is 13.0 Å². The van der Waals surface area contributed by atoms with Gasteiger partial charge in [0.25, 0.3) is 0 Å². The van der Waals surface area contributed by atoms with Gasteiger partial charge in [-0.15, -0.1) is 6.58 Å². The molecule has 2 rings (SSSR count). The van der Waals surface area contributed by atoms with E-state index in [1.807, 2.05) is 0 Å². The Morgan fingerprint density at radius 2 is 2.39 bits per heavy atom. The highest BCUT2D eigenvalue weighted by molar-refractivity contribution is 6.30. The van der Waals surface area contributed by atoms with Gasteiger partial charge in [-0.25, -0.2) is 4.98 Å². The number of fused-ring (bicyclic) bond motifs is 1. The van der Waals surface area contributed by atoms with Crippen LogP contribution < -0.4 is 5.32 Å². The SMILES string of the molecule is C=CCNc1nc(Cl)c(C#N)c2c1CN(C)CC2. The molecule has 0 fully saturated rings. The summed E-state index contributed by atoms with van der Waals surface area (Å²) >= 11 is 6.07. The summed E-state index contributed by atoms with van der Waals surface area (Å²) < 4.78 is 0. The molecule has 0 aromatic carbocycles. The number of pyridine rings is 1. The summed E-state index contributed by atoms with van der Waals surface area (Å²) in [5, 5.41) is 12.7. The number of aromatic nitrogens is 1. The largest absolute Gasteiger partial charge is 0.366 e. The molecule has 0 atom stereocenters. The zero-order valence-electron chi connectivity index (χ0n) is 10.3. The van der Waals surface area contributed by atoms with Crippen molar-refractivity contribution in [1.29, 1.82) is 5.26 Å². The van der Waals surface area contributed by atoms with Gasteiger partial charge in [0.1, 0.15) is 17.0 Å². The van der Waals surface area contributed by atoms with E-state index in [1.165, 1.54) is 0 Å². The second-order valence-electron chi connectivity index (χ2n) is 4.35. The summed E-state index contributed by atoms with van der Waals surface area (Å²) in [5.41, 5.74) is 2.62. The number of likely N-dealkylation sites (N-methyl/N-ethyl adjacent to an activating group) is 1. The van der Waals surface area contributed by atoms with Crippen molar-refractivity contribution in [3.63, 3.8) is 0 Å². The van der Waals surface area contributed by atoms with Gasteiger partial charge in [0.15, 0.2) is 0 Å². The van der Waals surface area contributed by atoms with Crippen LogP contribution in [0.15, 0.2) is 12.7 Å². The number of nitrogens with one attached hydrogen (secondary N) is 1. The molecule has 5 heteroatoms. The number of nitrogens with zero attached hydrogens (tertiary/aromatic N) is 3. The summed E-state index contributed by atoms with van der Waals surface area (Å²) in [5.74, 6) is 0.764. The van der Waals surface area contributed by atoms with Crippen molar-refractivity contribution >= 4 is 17.4 Å². The van der Waals surface area contributed by atoms with Gasteiger partial charge in [-0.1, -0.05) is 17.7 Å².